The van der Waals surface area contributed by atoms with E-state index in [1.807, 2.05) is 0 Å². The smallest absolute Gasteiger partial charge is 0.191 e. The first kappa shape index (κ1) is 22.2. The Labute approximate surface area is 170 Å². The van der Waals surface area contributed by atoms with Gasteiger partial charge in [0, 0.05) is 25.7 Å². The van der Waals surface area contributed by atoms with Gasteiger partial charge in [-0.05, 0) is 44.9 Å². The molecule has 0 atom stereocenters. The van der Waals surface area contributed by atoms with Crippen LogP contribution >= 0.6 is 24.0 Å². The van der Waals surface area contributed by atoms with Crippen molar-refractivity contribution in [2.24, 2.45) is 4.99 Å². The van der Waals surface area contributed by atoms with Crippen LogP contribution in [0.3, 0.4) is 0 Å². The largest absolute Gasteiger partial charge is 0.357 e. The molecule has 0 radical (unpaired) electrons. The van der Waals surface area contributed by atoms with Gasteiger partial charge in [0.25, 0.3) is 0 Å². The van der Waals surface area contributed by atoms with Crippen molar-refractivity contribution >= 4 is 29.9 Å². The molecule has 0 spiro atoms. The number of guanidine groups is 1. The zero-order valence-corrected chi connectivity index (χ0v) is 18.4. The molecule has 0 aromatic heterocycles. The highest BCUT2D eigenvalue weighted by molar-refractivity contribution is 14.0. The summed E-state index contributed by atoms with van der Waals surface area (Å²) in [7, 11) is 2.28. The SMILES string of the molecule is CCNC(=NCc1ccccc1CN(C)C1CCCCC1)NCC.I. The van der Waals surface area contributed by atoms with Crippen LogP contribution in [0.2, 0.25) is 0 Å². The van der Waals surface area contributed by atoms with Gasteiger partial charge in [-0.3, -0.25) is 4.90 Å². The maximum Gasteiger partial charge on any atom is 0.191 e. The van der Waals surface area contributed by atoms with Crippen LogP contribution in [-0.2, 0) is 13.1 Å². The van der Waals surface area contributed by atoms with Crippen molar-refractivity contribution in [2.45, 2.75) is 65.1 Å². The fourth-order valence-corrected chi connectivity index (χ4v) is 3.46. The molecule has 2 rings (SSSR count). The zero-order valence-electron chi connectivity index (χ0n) is 16.1. The molecule has 1 aromatic carbocycles. The zero-order chi connectivity index (χ0) is 17.2. The lowest BCUT2D eigenvalue weighted by Gasteiger charge is -2.31. The molecular weight excluding hydrogens is 423 g/mol. The first-order chi connectivity index (χ1) is 11.7. The number of hydrogen-bond acceptors (Lipinski definition) is 2. The van der Waals surface area contributed by atoms with E-state index in [0.717, 1.165) is 38.2 Å². The van der Waals surface area contributed by atoms with E-state index in [2.05, 4.69) is 60.7 Å². The van der Waals surface area contributed by atoms with Crippen molar-refractivity contribution in [1.29, 1.82) is 0 Å². The third-order valence-corrected chi connectivity index (χ3v) is 4.83. The topological polar surface area (TPSA) is 39.7 Å². The summed E-state index contributed by atoms with van der Waals surface area (Å²) >= 11 is 0. The second-order valence-electron chi connectivity index (χ2n) is 6.70. The molecule has 5 heteroatoms. The van der Waals surface area contributed by atoms with E-state index in [9.17, 15) is 0 Å². The molecule has 0 bridgehead atoms. The van der Waals surface area contributed by atoms with Crippen molar-refractivity contribution in [3.63, 3.8) is 0 Å². The molecule has 1 aliphatic carbocycles. The highest BCUT2D eigenvalue weighted by Crippen LogP contribution is 2.23. The molecule has 0 saturated heterocycles. The molecule has 0 heterocycles. The molecule has 0 unspecified atom stereocenters. The number of benzene rings is 1. The van der Waals surface area contributed by atoms with Gasteiger partial charge in [-0.1, -0.05) is 43.5 Å². The Bertz CT molecular complexity index is 504. The number of halogens is 1. The molecule has 142 valence electrons. The Kier molecular flexibility index (Phi) is 11.1. The Morgan fingerprint density at radius 1 is 1.04 bits per heavy atom. The second-order valence-corrected chi connectivity index (χ2v) is 6.70. The summed E-state index contributed by atoms with van der Waals surface area (Å²) in [5.74, 6) is 0.899. The maximum absolute atomic E-state index is 4.73. The lowest BCUT2D eigenvalue weighted by Crippen LogP contribution is -2.37. The van der Waals surface area contributed by atoms with Gasteiger partial charge in [-0.25, -0.2) is 4.99 Å². The molecule has 2 N–H and O–H groups in total. The maximum atomic E-state index is 4.73. The van der Waals surface area contributed by atoms with Crippen molar-refractivity contribution < 1.29 is 0 Å². The molecule has 1 saturated carbocycles. The van der Waals surface area contributed by atoms with E-state index in [1.54, 1.807) is 0 Å². The summed E-state index contributed by atoms with van der Waals surface area (Å²) < 4.78 is 0. The molecule has 25 heavy (non-hydrogen) atoms. The Balaban J connectivity index is 0.00000312. The van der Waals surface area contributed by atoms with Crippen LogP contribution in [0.1, 0.15) is 57.1 Å². The normalized spacial score (nSPS) is 14.7. The van der Waals surface area contributed by atoms with Crippen LogP contribution in [0, 0.1) is 0 Å². The third kappa shape index (κ3) is 7.52. The summed E-state index contributed by atoms with van der Waals surface area (Å²) in [6.45, 7) is 7.72. The molecule has 1 aromatic rings. The van der Waals surface area contributed by atoms with Crippen molar-refractivity contribution in [1.82, 2.24) is 15.5 Å². The number of aliphatic imine (C=N–C) groups is 1. The second kappa shape index (κ2) is 12.5. The van der Waals surface area contributed by atoms with E-state index in [0.29, 0.717) is 0 Å². The average molecular weight is 458 g/mol. The summed E-state index contributed by atoms with van der Waals surface area (Å²) in [6, 6.07) is 9.48. The predicted octanol–water partition coefficient (Wildman–Crippen LogP) is 4.14. The summed E-state index contributed by atoms with van der Waals surface area (Å²) in [5, 5.41) is 6.59. The van der Waals surface area contributed by atoms with Crippen LogP contribution in [0.4, 0.5) is 0 Å². The van der Waals surface area contributed by atoms with Crippen LogP contribution < -0.4 is 10.6 Å². The van der Waals surface area contributed by atoms with Gasteiger partial charge in [-0.15, -0.1) is 24.0 Å². The van der Waals surface area contributed by atoms with Gasteiger partial charge in [-0.2, -0.15) is 0 Å². The van der Waals surface area contributed by atoms with Crippen molar-refractivity contribution in [2.75, 3.05) is 20.1 Å². The van der Waals surface area contributed by atoms with Gasteiger partial charge in [0.05, 0.1) is 6.54 Å². The number of rotatable bonds is 7. The van der Waals surface area contributed by atoms with E-state index < -0.39 is 0 Å². The van der Waals surface area contributed by atoms with Gasteiger partial charge < -0.3 is 10.6 Å². The molecule has 0 aliphatic heterocycles. The Hall–Kier alpha value is -0.820. The van der Waals surface area contributed by atoms with E-state index in [-0.39, 0.29) is 24.0 Å². The lowest BCUT2D eigenvalue weighted by atomic mass is 9.94. The minimum atomic E-state index is 0. The molecular formula is C20H35IN4. The molecule has 1 fully saturated rings. The average Bonchev–Trinajstić information content (AvgIpc) is 2.62. The summed E-state index contributed by atoms with van der Waals surface area (Å²) in [5.41, 5.74) is 2.73. The first-order valence-corrected chi connectivity index (χ1v) is 9.53. The van der Waals surface area contributed by atoms with Crippen LogP contribution in [0.15, 0.2) is 29.3 Å². The summed E-state index contributed by atoms with van der Waals surface area (Å²) in [6.07, 6.45) is 6.88. The minimum Gasteiger partial charge on any atom is -0.357 e. The monoisotopic (exact) mass is 458 g/mol. The fourth-order valence-electron chi connectivity index (χ4n) is 3.46. The predicted molar refractivity (Wildman–Crippen MR) is 119 cm³/mol. The van der Waals surface area contributed by atoms with Crippen molar-refractivity contribution in [3.05, 3.63) is 35.4 Å². The van der Waals surface area contributed by atoms with E-state index in [4.69, 9.17) is 4.99 Å². The van der Waals surface area contributed by atoms with Gasteiger partial charge in [0.1, 0.15) is 0 Å². The molecule has 1 aliphatic rings. The third-order valence-electron chi connectivity index (χ3n) is 4.83. The minimum absolute atomic E-state index is 0. The highest BCUT2D eigenvalue weighted by atomic mass is 127. The van der Waals surface area contributed by atoms with Crippen LogP contribution in [0.25, 0.3) is 0 Å². The van der Waals surface area contributed by atoms with Crippen LogP contribution in [0.5, 0.6) is 0 Å². The quantitative estimate of drug-likeness (QED) is 0.367. The van der Waals surface area contributed by atoms with E-state index >= 15 is 0 Å². The number of hydrogen-bond donors (Lipinski definition) is 2. The Morgan fingerprint density at radius 2 is 1.64 bits per heavy atom. The van der Waals surface area contributed by atoms with Crippen LogP contribution in [-0.4, -0.2) is 37.0 Å². The molecule has 0 amide bonds. The standard InChI is InChI=1S/C20H34N4.HI/c1-4-21-20(22-5-2)23-15-17-11-9-10-12-18(17)16-24(3)19-13-7-6-8-14-19;/h9-12,19H,4-8,13-16H2,1-3H3,(H2,21,22,23);1H. The first-order valence-electron chi connectivity index (χ1n) is 9.53. The summed E-state index contributed by atoms with van der Waals surface area (Å²) in [4.78, 5) is 7.27. The Morgan fingerprint density at radius 3 is 2.24 bits per heavy atom. The lowest BCUT2D eigenvalue weighted by molar-refractivity contribution is 0.184. The van der Waals surface area contributed by atoms with Gasteiger partial charge in [0.2, 0.25) is 0 Å². The van der Waals surface area contributed by atoms with Crippen molar-refractivity contribution in [3.8, 4) is 0 Å². The van der Waals surface area contributed by atoms with Gasteiger partial charge >= 0.3 is 0 Å². The number of nitrogens with one attached hydrogen (secondary N) is 2. The number of nitrogens with zero attached hydrogens (tertiary/aromatic N) is 2. The van der Waals surface area contributed by atoms with Gasteiger partial charge in [0.15, 0.2) is 5.96 Å². The molecule has 4 nitrogen and oxygen atoms in total. The highest BCUT2D eigenvalue weighted by Gasteiger charge is 2.18. The fraction of sp³-hybridized carbons (Fsp3) is 0.650. The van der Waals surface area contributed by atoms with E-state index in [1.165, 1.54) is 43.2 Å².